The number of hydrogen-bond donors (Lipinski definition) is 0. The predicted octanol–water partition coefficient (Wildman–Crippen LogP) is 3.58. The van der Waals surface area contributed by atoms with Crippen LogP contribution in [0.1, 0.15) is 54.9 Å². The van der Waals surface area contributed by atoms with Crippen molar-refractivity contribution in [2.75, 3.05) is 0 Å². The van der Waals surface area contributed by atoms with Crippen LogP contribution in [0.3, 0.4) is 0 Å². The van der Waals surface area contributed by atoms with Crippen LogP contribution < -0.4 is 0 Å². The van der Waals surface area contributed by atoms with Gasteiger partial charge in [-0.05, 0) is 18.4 Å². The first-order valence-electron chi connectivity index (χ1n) is 6.32. The van der Waals surface area contributed by atoms with E-state index in [2.05, 4.69) is 6.92 Å². The smallest absolute Gasteiger partial charge is 0.150 e. The van der Waals surface area contributed by atoms with Gasteiger partial charge in [-0.15, -0.1) is 0 Å². The number of carbonyl (C=O) groups is 2. The van der Waals surface area contributed by atoms with Gasteiger partial charge in [0.25, 0.3) is 0 Å². The van der Waals surface area contributed by atoms with Crippen LogP contribution >= 0.6 is 0 Å². The fraction of sp³-hybridized carbons (Fsp3) is 0.467. The lowest BCUT2D eigenvalue weighted by atomic mass is 10.0. The number of Topliss-reactive ketones (excluding diaryl/α,β-unsaturated/α-hetero) is 1. The van der Waals surface area contributed by atoms with Crippen LogP contribution in [0.2, 0.25) is 0 Å². The van der Waals surface area contributed by atoms with Crippen LogP contribution in [-0.2, 0) is 11.2 Å². The summed E-state index contributed by atoms with van der Waals surface area (Å²) in [5, 5.41) is 0. The van der Waals surface area contributed by atoms with Crippen LogP contribution in [0.4, 0.5) is 0 Å². The molecule has 2 heteroatoms. The number of rotatable bonds is 8. The van der Waals surface area contributed by atoms with Crippen LogP contribution in [0, 0.1) is 0 Å². The summed E-state index contributed by atoms with van der Waals surface area (Å²) in [6.45, 7) is 2.14. The molecule has 0 aliphatic rings. The summed E-state index contributed by atoms with van der Waals surface area (Å²) in [6.07, 6.45) is 6.24. The number of unbranched alkanes of at least 4 members (excludes halogenated alkanes) is 2. The highest BCUT2D eigenvalue weighted by Gasteiger charge is 2.02. The second-order valence-electron chi connectivity index (χ2n) is 4.36. The Morgan fingerprint density at radius 2 is 1.82 bits per heavy atom. The Hall–Kier alpha value is -1.44. The maximum atomic E-state index is 11.6. The Balaban J connectivity index is 2.29. The standard InChI is InChI=1S/C15H20O2/c1-2-3-4-5-15(17)11-10-13-6-8-14(12-16)9-7-13/h6-9,12H,2-5,10-11H2,1H3. The van der Waals surface area contributed by atoms with E-state index >= 15 is 0 Å². The van der Waals surface area contributed by atoms with Gasteiger partial charge in [-0.1, -0.05) is 44.0 Å². The fourth-order valence-corrected chi connectivity index (χ4v) is 1.74. The van der Waals surface area contributed by atoms with Crippen molar-refractivity contribution in [3.8, 4) is 0 Å². The van der Waals surface area contributed by atoms with Gasteiger partial charge < -0.3 is 0 Å². The Bertz CT molecular complexity index is 352. The van der Waals surface area contributed by atoms with E-state index in [0.29, 0.717) is 24.2 Å². The molecule has 17 heavy (non-hydrogen) atoms. The third-order valence-electron chi connectivity index (χ3n) is 2.87. The van der Waals surface area contributed by atoms with E-state index in [9.17, 15) is 9.59 Å². The van der Waals surface area contributed by atoms with Gasteiger partial charge in [-0.2, -0.15) is 0 Å². The average Bonchev–Trinajstić information content (AvgIpc) is 2.37. The van der Waals surface area contributed by atoms with Gasteiger partial charge in [-0.3, -0.25) is 9.59 Å². The van der Waals surface area contributed by atoms with Crippen LogP contribution in [0.25, 0.3) is 0 Å². The first-order chi connectivity index (χ1) is 8.26. The monoisotopic (exact) mass is 232 g/mol. The molecule has 0 aliphatic heterocycles. The second kappa shape index (κ2) is 7.77. The average molecular weight is 232 g/mol. The van der Waals surface area contributed by atoms with E-state index in [0.717, 1.165) is 37.5 Å². The van der Waals surface area contributed by atoms with E-state index in [1.165, 1.54) is 0 Å². The molecule has 0 bridgehead atoms. The molecule has 0 aliphatic carbocycles. The second-order valence-corrected chi connectivity index (χ2v) is 4.36. The number of hydrogen-bond acceptors (Lipinski definition) is 2. The molecule has 0 atom stereocenters. The van der Waals surface area contributed by atoms with E-state index in [-0.39, 0.29) is 0 Å². The Morgan fingerprint density at radius 1 is 1.12 bits per heavy atom. The number of aryl methyl sites for hydroxylation is 1. The molecule has 0 amide bonds. The maximum absolute atomic E-state index is 11.6. The van der Waals surface area contributed by atoms with Crippen molar-refractivity contribution >= 4 is 12.1 Å². The van der Waals surface area contributed by atoms with E-state index in [1.54, 1.807) is 12.1 Å². The molecule has 0 aromatic heterocycles. The predicted molar refractivity (Wildman–Crippen MR) is 69.3 cm³/mol. The van der Waals surface area contributed by atoms with Crippen molar-refractivity contribution in [3.05, 3.63) is 35.4 Å². The van der Waals surface area contributed by atoms with Gasteiger partial charge in [-0.25, -0.2) is 0 Å². The third kappa shape index (κ3) is 5.43. The van der Waals surface area contributed by atoms with Gasteiger partial charge in [0, 0.05) is 18.4 Å². The number of carbonyl (C=O) groups excluding carboxylic acids is 2. The largest absolute Gasteiger partial charge is 0.300 e. The first-order valence-corrected chi connectivity index (χ1v) is 6.32. The molecular weight excluding hydrogens is 212 g/mol. The zero-order valence-corrected chi connectivity index (χ0v) is 10.4. The molecule has 0 spiro atoms. The highest BCUT2D eigenvalue weighted by Crippen LogP contribution is 2.08. The highest BCUT2D eigenvalue weighted by molar-refractivity contribution is 5.78. The van der Waals surface area contributed by atoms with E-state index in [4.69, 9.17) is 0 Å². The van der Waals surface area contributed by atoms with Gasteiger partial charge >= 0.3 is 0 Å². The zero-order valence-electron chi connectivity index (χ0n) is 10.4. The Labute approximate surface area is 103 Å². The van der Waals surface area contributed by atoms with Gasteiger partial charge in [0.2, 0.25) is 0 Å². The number of ketones is 1. The van der Waals surface area contributed by atoms with Crippen LogP contribution in [0.5, 0.6) is 0 Å². The molecule has 0 fully saturated rings. The van der Waals surface area contributed by atoms with Crippen molar-refractivity contribution in [2.24, 2.45) is 0 Å². The lowest BCUT2D eigenvalue weighted by molar-refractivity contribution is -0.119. The van der Waals surface area contributed by atoms with Crippen LogP contribution in [0.15, 0.2) is 24.3 Å². The summed E-state index contributed by atoms with van der Waals surface area (Å²) in [5.41, 5.74) is 1.81. The molecule has 0 saturated carbocycles. The molecule has 2 nitrogen and oxygen atoms in total. The minimum absolute atomic E-state index is 0.345. The minimum Gasteiger partial charge on any atom is -0.300 e. The van der Waals surface area contributed by atoms with E-state index < -0.39 is 0 Å². The molecule has 1 rings (SSSR count). The summed E-state index contributed by atoms with van der Waals surface area (Å²) in [4.78, 5) is 22.0. The fourth-order valence-electron chi connectivity index (χ4n) is 1.74. The van der Waals surface area contributed by atoms with Crippen molar-refractivity contribution in [2.45, 2.75) is 45.4 Å². The van der Waals surface area contributed by atoms with E-state index in [1.807, 2.05) is 12.1 Å². The summed E-state index contributed by atoms with van der Waals surface area (Å²) in [5.74, 6) is 0.345. The molecule has 1 aromatic carbocycles. The Morgan fingerprint density at radius 3 is 2.41 bits per heavy atom. The number of benzene rings is 1. The van der Waals surface area contributed by atoms with Gasteiger partial charge in [0.15, 0.2) is 0 Å². The summed E-state index contributed by atoms with van der Waals surface area (Å²) in [7, 11) is 0. The zero-order chi connectivity index (χ0) is 12.5. The third-order valence-corrected chi connectivity index (χ3v) is 2.87. The molecule has 0 N–H and O–H groups in total. The normalized spacial score (nSPS) is 10.2. The summed E-state index contributed by atoms with van der Waals surface area (Å²) >= 11 is 0. The SMILES string of the molecule is CCCCCC(=O)CCc1ccc(C=O)cc1. The van der Waals surface area contributed by atoms with Gasteiger partial charge in [0.05, 0.1) is 0 Å². The van der Waals surface area contributed by atoms with Crippen molar-refractivity contribution in [1.29, 1.82) is 0 Å². The van der Waals surface area contributed by atoms with Crippen molar-refractivity contribution < 1.29 is 9.59 Å². The lowest BCUT2D eigenvalue weighted by Gasteiger charge is -2.02. The molecule has 1 aromatic rings. The van der Waals surface area contributed by atoms with Crippen molar-refractivity contribution in [1.82, 2.24) is 0 Å². The molecular formula is C15H20O2. The highest BCUT2D eigenvalue weighted by atomic mass is 16.1. The number of aldehydes is 1. The van der Waals surface area contributed by atoms with Crippen molar-refractivity contribution in [3.63, 3.8) is 0 Å². The molecule has 0 heterocycles. The maximum Gasteiger partial charge on any atom is 0.150 e. The summed E-state index contributed by atoms with van der Waals surface area (Å²) in [6, 6.07) is 7.43. The molecule has 0 unspecified atom stereocenters. The lowest BCUT2D eigenvalue weighted by Crippen LogP contribution is -2.00. The minimum atomic E-state index is 0.345. The van der Waals surface area contributed by atoms with Gasteiger partial charge in [0.1, 0.15) is 12.1 Å². The summed E-state index contributed by atoms with van der Waals surface area (Å²) < 4.78 is 0. The Kier molecular flexibility index (Phi) is 6.23. The molecule has 92 valence electrons. The topological polar surface area (TPSA) is 34.1 Å². The first kappa shape index (κ1) is 13.6. The van der Waals surface area contributed by atoms with Crippen LogP contribution in [-0.4, -0.2) is 12.1 Å². The quantitative estimate of drug-likeness (QED) is 0.507. The molecule has 0 radical (unpaired) electrons. The molecule has 0 saturated heterocycles.